The minimum Gasteiger partial charge on any atom is -0.484 e. The fraction of sp³-hybridized carbons (Fsp3) is 0.190. The summed E-state index contributed by atoms with van der Waals surface area (Å²) in [7, 11) is 0. The number of aromatic nitrogens is 2. The molecule has 0 radical (unpaired) electrons. The van der Waals surface area contributed by atoms with Gasteiger partial charge >= 0.3 is 0 Å². The molecule has 154 valence electrons. The van der Waals surface area contributed by atoms with E-state index in [9.17, 15) is 4.79 Å². The van der Waals surface area contributed by atoms with Gasteiger partial charge in [-0.2, -0.15) is 0 Å². The summed E-state index contributed by atoms with van der Waals surface area (Å²) >= 11 is 7.00. The molecule has 7 nitrogen and oxygen atoms in total. The topological polar surface area (TPSA) is 90.4 Å². The lowest BCUT2D eigenvalue weighted by Gasteiger charge is -2.10. The summed E-state index contributed by atoms with van der Waals surface area (Å²) in [6.45, 7) is 2.00. The molecule has 2 aromatic heterocycles. The van der Waals surface area contributed by atoms with Crippen molar-refractivity contribution in [2.75, 3.05) is 5.75 Å². The van der Waals surface area contributed by atoms with E-state index in [2.05, 4.69) is 15.5 Å². The van der Waals surface area contributed by atoms with Crippen molar-refractivity contribution in [2.45, 2.75) is 24.8 Å². The molecule has 0 aliphatic heterocycles. The fourth-order valence-electron chi connectivity index (χ4n) is 2.73. The van der Waals surface area contributed by atoms with Gasteiger partial charge in [-0.25, -0.2) is 0 Å². The van der Waals surface area contributed by atoms with Crippen molar-refractivity contribution in [3.8, 4) is 5.75 Å². The molecule has 1 amide bonds. The van der Waals surface area contributed by atoms with Crippen LogP contribution in [0.3, 0.4) is 0 Å². The summed E-state index contributed by atoms with van der Waals surface area (Å²) in [5.41, 5.74) is 0.794. The lowest BCUT2D eigenvalue weighted by Crippen LogP contribution is -2.27. The van der Waals surface area contributed by atoms with Crippen LogP contribution in [0.4, 0.5) is 0 Å². The van der Waals surface area contributed by atoms with Gasteiger partial charge in [0.05, 0.1) is 11.8 Å². The lowest BCUT2D eigenvalue weighted by molar-refractivity contribution is -0.119. The molecular weight excluding hydrogens is 426 g/mol. The quantitative estimate of drug-likeness (QED) is 0.382. The number of fused-ring (bicyclic) bond motifs is 1. The number of carbonyl (C=O) groups is 1. The third-order valence-electron chi connectivity index (χ3n) is 4.20. The molecule has 0 aliphatic carbocycles. The first-order chi connectivity index (χ1) is 14.6. The highest BCUT2D eigenvalue weighted by molar-refractivity contribution is 7.99. The molecule has 1 atom stereocenters. The molecule has 0 saturated heterocycles. The van der Waals surface area contributed by atoms with Gasteiger partial charge in [-0.3, -0.25) is 4.79 Å². The number of furan rings is 1. The molecule has 2 aromatic carbocycles. The van der Waals surface area contributed by atoms with Crippen LogP contribution >= 0.6 is 23.4 Å². The van der Waals surface area contributed by atoms with E-state index >= 15 is 0 Å². The third kappa shape index (κ3) is 5.14. The molecule has 9 heteroatoms. The first-order valence-corrected chi connectivity index (χ1v) is 10.5. The van der Waals surface area contributed by atoms with Crippen molar-refractivity contribution in [1.82, 2.24) is 15.5 Å². The van der Waals surface area contributed by atoms with E-state index in [-0.39, 0.29) is 24.3 Å². The highest BCUT2D eigenvalue weighted by atomic mass is 35.5. The van der Waals surface area contributed by atoms with Crippen LogP contribution in [0.2, 0.25) is 5.02 Å². The second-order valence-electron chi connectivity index (χ2n) is 6.47. The second-order valence-corrected chi connectivity index (χ2v) is 7.83. The van der Waals surface area contributed by atoms with Crippen LogP contribution in [0.25, 0.3) is 11.0 Å². The Morgan fingerprint density at radius 3 is 2.77 bits per heavy atom. The predicted octanol–water partition coefficient (Wildman–Crippen LogP) is 5.02. The number of hydrogen-bond donors (Lipinski definition) is 1. The second kappa shape index (κ2) is 9.23. The number of rotatable bonds is 8. The molecule has 1 N–H and O–H groups in total. The summed E-state index contributed by atoms with van der Waals surface area (Å²) in [4.78, 5) is 12.3. The first kappa shape index (κ1) is 20.3. The normalized spacial score (nSPS) is 12.1. The zero-order chi connectivity index (χ0) is 20.9. The van der Waals surface area contributed by atoms with Gasteiger partial charge in [-0.05, 0) is 43.3 Å². The van der Waals surface area contributed by atoms with Gasteiger partial charge in [0, 0.05) is 10.4 Å². The van der Waals surface area contributed by atoms with Gasteiger partial charge in [-0.1, -0.05) is 41.6 Å². The van der Waals surface area contributed by atoms with E-state index in [4.69, 9.17) is 25.2 Å². The summed E-state index contributed by atoms with van der Waals surface area (Å²) in [5.74, 6) is 1.65. The van der Waals surface area contributed by atoms with E-state index in [0.29, 0.717) is 27.6 Å². The summed E-state index contributed by atoms with van der Waals surface area (Å²) in [6.07, 6.45) is 0. The van der Waals surface area contributed by atoms with Crippen molar-refractivity contribution >= 4 is 40.2 Å². The van der Waals surface area contributed by atoms with Crippen LogP contribution in [0.15, 0.2) is 68.7 Å². The molecular formula is C21H18ClN3O4S. The number of nitrogens with zero attached hydrogens (tertiary/aromatic N) is 2. The molecule has 0 fully saturated rings. The Morgan fingerprint density at radius 2 is 1.97 bits per heavy atom. The van der Waals surface area contributed by atoms with E-state index in [0.717, 1.165) is 22.7 Å². The highest BCUT2D eigenvalue weighted by Crippen LogP contribution is 2.24. The maximum atomic E-state index is 12.3. The number of amides is 1. The standard InChI is InChI=1S/C21H18ClN3O4S/c1-13(18-10-14-4-2-3-5-17(14)28-18)23-19(26)12-30-21-25-24-20(29-21)11-27-16-8-6-15(22)7-9-16/h2-10,13H,11-12H2,1H3,(H,23,26)/t13-/m1/s1. The largest absolute Gasteiger partial charge is 0.484 e. The van der Waals surface area contributed by atoms with E-state index in [1.54, 1.807) is 24.3 Å². The summed E-state index contributed by atoms with van der Waals surface area (Å²) in [5, 5.41) is 12.7. The van der Waals surface area contributed by atoms with Gasteiger partial charge in [0.25, 0.3) is 11.1 Å². The van der Waals surface area contributed by atoms with Crippen LogP contribution in [0.1, 0.15) is 24.6 Å². The summed E-state index contributed by atoms with van der Waals surface area (Å²) in [6, 6.07) is 16.4. The molecule has 4 rings (SSSR count). The number of thioether (sulfide) groups is 1. The van der Waals surface area contributed by atoms with Crippen LogP contribution in [0, 0.1) is 0 Å². The molecule has 0 bridgehead atoms. The molecule has 4 aromatic rings. The molecule has 30 heavy (non-hydrogen) atoms. The number of para-hydroxylation sites is 1. The summed E-state index contributed by atoms with van der Waals surface area (Å²) < 4.78 is 16.8. The Kier molecular flexibility index (Phi) is 6.25. The Morgan fingerprint density at radius 1 is 1.17 bits per heavy atom. The highest BCUT2D eigenvalue weighted by Gasteiger charge is 2.16. The smallest absolute Gasteiger partial charge is 0.277 e. The predicted molar refractivity (Wildman–Crippen MR) is 114 cm³/mol. The van der Waals surface area contributed by atoms with E-state index < -0.39 is 0 Å². The molecule has 0 saturated carbocycles. The Labute approximate surface area is 181 Å². The Balaban J connectivity index is 1.25. The lowest BCUT2D eigenvalue weighted by atomic mass is 10.2. The molecule has 0 spiro atoms. The van der Waals surface area contributed by atoms with Gasteiger partial charge in [0.1, 0.15) is 17.1 Å². The van der Waals surface area contributed by atoms with Crippen LogP contribution in [-0.4, -0.2) is 21.9 Å². The van der Waals surface area contributed by atoms with Crippen molar-refractivity contribution in [2.24, 2.45) is 0 Å². The number of hydrogen-bond acceptors (Lipinski definition) is 7. The zero-order valence-electron chi connectivity index (χ0n) is 16.0. The third-order valence-corrected chi connectivity index (χ3v) is 5.27. The van der Waals surface area contributed by atoms with Crippen molar-refractivity contribution in [3.63, 3.8) is 0 Å². The van der Waals surface area contributed by atoms with Crippen molar-refractivity contribution in [3.05, 3.63) is 71.3 Å². The Bertz CT molecular complexity index is 1110. The minimum absolute atomic E-state index is 0.129. The van der Waals surface area contributed by atoms with Gasteiger partial charge < -0.3 is 18.9 Å². The number of benzene rings is 2. The number of nitrogens with one attached hydrogen (secondary N) is 1. The van der Waals surface area contributed by atoms with Crippen molar-refractivity contribution in [1.29, 1.82) is 0 Å². The maximum absolute atomic E-state index is 12.3. The van der Waals surface area contributed by atoms with Crippen LogP contribution in [-0.2, 0) is 11.4 Å². The van der Waals surface area contributed by atoms with Crippen molar-refractivity contribution < 1.29 is 18.4 Å². The first-order valence-electron chi connectivity index (χ1n) is 9.18. The van der Waals surface area contributed by atoms with E-state index in [1.807, 2.05) is 37.3 Å². The van der Waals surface area contributed by atoms with E-state index in [1.165, 1.54) is 0 Å². The van der Waals surface area contributed by atoms with Crippen LogP contribution in [0.5, 0.6) is 5.75 Å². The average Bonchev–Trinajstić information content (AvgIpc) is 3.39. The Hall–Kier alpha value is -2.97. The van der Waals surface area contributed by atoms with Gasteiger partial charge in [-0.15, -0.1) is 10.2 Å². The van der Waals surface area contributed by atoms with Crippen LogP contribution < -0.4 is 10.1 Å². The fourth-order valence-corrected chi connectivity index (χ4v) is 3.45. The average molecular weight is 444 g/mol. The molecule has 0 unspecified atom stereocenters. The number of halogens is 1. The zero-order valence-corrected chi connectivity index (χ0v) is 17.6. The van der Waals surface area contributed by atoms with Gasteiger partial charge in [0.2, 0.25) is 5.91 Å². The number of ether oxygens (including phenoxy) is 1. The molecule has 2 heterocycles. The SMILES string of the molecule is C[C@@H](NC(=O)CSc1nnc(COc2ccc(Cl)cc2)o1)c1cc2ccccc2o1. The maximum Gasteiger partial charge on any atom is 0.277 e. The monoisotopic (exact) mass is 443 g/mol. The minimum atomic E-state index is -0.253. The van der Waals surface area contributed by atoms with Gasteiger partial charge in [0.15, 0.2) is 6.61 Å². The molecule has 0 aliphatic rings. The number of carbonyl (C=O) groups excluding carboxylic acids is 1.